The zero-order valence-electron chi connectivity index (χ0n) is 14.2. The predicted octanol–water partition coefficient (Wildman–Crippen LogP) is 2.79. The number of anilines is 1. The van der Waals surface area contributed by atoms with E-state index in [9.17, 15) is 8.42 Å². The van der Waals surface area contributed by atoms with Crippen LogP contribution < -0.4 is 18.9 Å². The number of aromatic nitrogens is 2. The van der Waals surface area contributed by atoms with E-state index in [4.69, 9.17) is 14.2 Å². The summed E-state index contributed by atoms with van der Waals surface area (Å²) in [6.07, 6.45) is 0. The minimum Gasteiger partial charge on any atom is -0.497 e. The molecular formula is C17H15N3O5S2. The molecule has 0 bridgehead atoms. The number of nitrogens with zero attached hydrogens (tertiary/aromatic N) is 2. The fourth-order valence-corrected chi connectivity index (χ4v) is 4.47. The highest BCUT2D eigenvalue weighted by atomic mass is 32.2. The molecule has 1 aliphatic heterocycles. The molecule has 2 heterocycles. The van der Waals surface area contributed by atoms with Crippen molar-refractivity contribution in [2.24, 2.45) is 0 Å². The lowest BCUT2D eigenvalue weighted by molar-refractivity contribution is 0.171. The van der Waals surface area contributed by atoms with Gasteiger partial charge in [-0.1, -0.05) is 11.3 Å². The number of sulfonamides is 1. The number of nitrogens with one attached hydrogen (secondary N) is 1. The first-order valence-electron chi connectivity index (χ1n) is 7.95. The lowest BCUT2D eigenvalue weighted by Crippen LogP contribution is -2.17. The van der Waals surface area contributed by atoms with Gasteiger partial charge < -0.3 is 14.2 Å². The molecule has 0 saturated carbocycles. The molecule has 1 N–H and O–H groups in total. The first-order chi connectivity index (χ1) is 13.0. The van der Waals surface area contributed by atoms with Crippen LogP contribution in [0.2, 0.25) is 0 Å². The second-order valence-corrected chi connectivity index (χ2v) is 8.21. The van der Waals surface area contributed by atoms with Crippen molar-refractivity contribution in [1.82, 2.24) is 10.2 Å². The summed E-state index contributed by atoms with van der Waals surface area (Å²) in [5, 5.41) is 8.74. The molecule has 1 aliphatic rings. The van der Waals surface area contributed by atoms with Crippen LogP contribution in [0.15, 0.2) is 47.4 Å². The molecule has 0 unspecified atom stereocenters. The molecule has 2 aromatic carbocycles. The van der Waals surface area contributed by atoms with Gasteiger partial charge in [0.25, 0.3) is 10.0 Å². The molecular weight excluding hydrogens is 390 g/mol. The molecule has 0 radical (unpaired) electrons. The van der Waals surface area contributed by atoms with Gasteiger partial charge in [0, 0.05) is 11.6 Å². The number of hydrogen-bond donors (Lipinski definition) is 1. The van der Waals surface area contributed by atoms with Crippen LogP contribution in [0.4, 0.5) is 5.13 Å². The van der Waals surface area contributed by atoms with Gasteiger partial charge in [-0.2, -0.15) is 0 Å². The normalized spacial score (nSPS) is 13.2. The SMILES string of the molecule is COc1ccc(-c2nnc(NS(=O)(=O)c3ccc4c(c3)OCCO4)s2)cc1. The van der Waals surface area contributed by atoms with Gasteiger partial charge in [-0.3, -0.25) is 4.72 Å². The highest BCUT2D eigenvalue weighted by Crippen LogP contribution is 2.33. The van der Waals surface area contributed by atoms with Crippen molar-refractivity contribution < 1.29 is 22.6 Å². The van der Waals surface area contributed by atoms with E-state index >= 15 is 0 Å². The Morgan fingerprint density at radius 2 is 1.78 bits per heavy atom. The quantitative estimate of drug-likeness (QED) is 0.697. The van der Waals surface area contributed by atoms with Crippen LogP contribution in [0, 0.1) is 0 Å². The van der Waals surface area contributed by atoms with Crippen molar-refractivity contribution in [3.05, 3.63) is 42.5 Å². The van der Waals surface area contributed by atoms with Crippen LogP contribution in [-0.4, -0.2) is 38.9 Å². The van der Waals surface area contributed by atoms with Gasteiger partial charge in [0.2, 0.25) is 5.13 Å². The summed E-state index contributed by atoms with van der Waals surface area (Å²) in [4.78, 5) is 0.0629. The maximum atomic E-state index is 12.6. The van der Waals surface area contributed by atoms with Gasteiger partial charge in [0.1, 0.15) is 24.0 Å². The Morgan fingerprint density at radius 1 is 1.04 bits per heavy atom. The molecule has 10 heteroatoms. The van der Waals surface area contributed by atoms with Crippen LogP contribution in [0.3, 0.4) is 0 Å². The van der Waals surface area contributed by atoms with E-state index < -0.39 is 10.0 Å². The Balaban J connectivity index is 1.55. The molecule has 140 valence electrons. The Bertz CT molecular complexity index is 1060. The first-order valence-corrected chi connectivity index (χ1v) is 10.3. The van der Waals surface area contributed by atoms with E-state index in [2.05, 4.69) is 14.9 Å². The number of fused-ring (bicyclic) bond motifs is 1. The lowest BCUT2D eigenvalue weighted by atomic mass is 10.2. The van der Waals surface area contributed by atoms with Crippen molar-refractivity contribution in [2.45, 2.75) is 4.90 Å². The smallest absolute Gasteiger partial charge is 0.263 e. The van der Waals surface area contributed by atoms with Gasteiger partial charge in [-0.15, -0.1) is 10.2 Å². The number of rotatable bonds is 5. The molecule has 8 nitrogen and oxygen atoms in total. The number of methoxy groups -OCH3 is 1. The van der Waals surface area contributed by atoms with Gasteiger partial charge in [0.15, 0.2) is 11.5 Å². The highest BCUT2D eigenvalue weighted by molar-refractivity contribution is 7.93. The summed E-state index contributed by atoms with van der Waals surface area (Å²) < 4.78 is 43.7. The topological polar surface area (TPSA) is 99.6 Å². The Labute approximate surface area is 159 Å². The molecule has 0 fully saturated rings. The zero-order chi connectivity index (χ0) is 18.9. The van der Waals surface area contributed by atoms with Gasteiger partial charge in [0.05, 0.1) is 12.0 Å². The number of ether oxygens (including phenoxy) is 3. The standard InChI is InChI=1S/C17H15N3O5S2/c1-23-12-4-2-11(3-5-12)16-18-19-17(26-16)20-27(21,22)13-6-7-14-15(10-13)25-9-8-24-14/h2-7,10H,8-9H2,1H3,(H,19,20). The summed E-state index contributed by atoms with van der Waals surface area (Å²) in [7, 11) is -2.24. The van der Waals surface area contributed by atoms with E-state index in [1.807, 2.05) is 12.1 Å². The Hall–Kier alpha value is -2.85. The van der Waals surface area contributed by atoms with E-state index in [0.29, 0.717) is 29.7 Å². The molecule has 4 rings (SSSR count). The van der Waals surface area contributed by atoms with Crippen molar-refractivity contribution in [3.63, 3.8) is 0 Å². The van der Waals surface area contributed by atoms with Crippen LogP contribution in [0.5, 0.6) is 17.2 Å². The van der Waals surface area contributed by atoms with Crippen LogP contribution in [0.25, 0.3) is 10.6 Å². The highest BCUT2D eigenvalue weighted by Gasteiger charge is 2.21. The third-order valence-corrected chi connectivity index (χ3v) is 6.16. The van der Waals surface area contributed by atoms with E-state index in [1.165, 1.54) is 12.1 Å². The van der Waals surface area contributed by atoms with Crippen LogP contribution in [0.1, 0.15) is 0 Å². The lowest BCUT2D eigenvalue weighted by Gasteiger charge is -2.18. The van der Waals surface area contributed by atoms with Crippen molar-refractivity contribution in [1.29, 1.82) is 0 Å². The second kappa shape index (κ2) is 7.05. The fourth-order valence-electron chi connectivity index (χ4n) is 2.48. The van der Waals surface area contributed by atoms with Crippen LogP contribution in [-0.2, 0) is 10.0 Å². The predicted molar refractivity (Wildman–Crippen MR) is 100 cm³/mol. The first kappa shape index (κ1) is 17.6. The minimum atomic E-state index is -3.82. The van der Waals surface area contributed by atoms with Gasteiger partial charge in [-0.05, 0) is 36.4 Å². The largest absolute Gasteiger partial charge is 0.497 e. The number of benzene rings is 2. The van der Waals surface area contributed by atoms with Gasteiger partial charge >= 0.3 is 0 Å². The summed E-state index contributed by atoms with van der Waals surface area (Å²) >= 11 is 1.14. The summed E-state index contributed by atoms with van der Waals surface area (Å²) in [6.45, 7) is 0.821. The molecule has 0 atom stereocenters. The average Bonchev–Trinajstić information content (AvgIpc) is 3.15. The van der Waals surface area contributed by atoms with Gasteiger partial charge in [-0.25, -0.2) is 8.42 Å². The molecule has 0 saturated heterocycles. The molecule has 0 amide bonds. The number of hydrogen-bond acceptors (Lipinski definition) is 8. The fraction of sp³-hybridized carbons (Fsp3) is 0.176. The molecule has 0 spiro atoms. The maximum absolute atomic E-state index is 12.6. The third-order valence-electron chi connectivity index (χ3n) is 3.81. The van der Waals surface area contributed by atoms with Crippen molar-refractivity contribution >= 4 is 26.5 Å². The van der Waals surface area contributed by atoms with E-state index in [1.54, 1.807) is 25.3 Å². The minimum absolute atomic E-state index is 0.0629. The molecule has 27 heavy (non-hydrogen) atoms. The van der Waals surface area contributed by atoms with E-state index in [-0.39, 0.29) is 10.0 Å². The monoisotopic (exact) mass is 405 g/mol. The molecule has 0 aliphatic carbocycles. The maximum Gasteiger partial charge on any atom is 0.263 e. The zero-order valence-corrected chi connectivity index (χ0v) is 15.8. The molecule has 3 aromatic rings. The van der Waals surface area contributed by atoms with E-state index in [0.717, 1.165) is 22.6 Å². The second-order valence-electron chi connectivity index (χ2n) is 5.55. The van der Waals surface area contributed by atoms with Crippen LogP contribution >= 0.6 is 11.3 Å². The van der Waals surface area contributed by atoms with Crippen molar-refractivity contribution in [2.75, 3.05) is 25.0 Å². The summed E-state index contributed by atoms with van der Waals surface area (Å²) in [6, 6.07) is 11.7. The third kappa shape index (κ3) is 3.67. The summed E-state index contributed by atoms with van der Waals surface area (Å²) in [5.41, 5.74) is 0.818. The Morgan fingerprint density at radius 3 is 2.52 bits per heavy atom. The summed E-state index contributed by atoms with van der Waals surface area (Å²) in [5.74, 6) is 1.65. The molecule has 1 aromatic heterocycles. The average molecular weight is 405 g/mol. The van der Waals surface area contributed by atoms with Crippen molar-refractivity contribution in [3.8, 4) is 27.8 Å². The Kier molecular flexibility index (Phi) is 4.58.